The number of ether oxygens (including phenoxy) is 2. The van der Waals surface area contributed by atoms with Crippen LogP contribution in [0.5, 0.6) is 23.0 Å². The van der Waals surface area contributed by atoms with E-state index in [-0.39, 0.29) is 30.1 Å². The van der Waals surface area contributed by atoms with Crippen LogP contribution < -0.4 is 9.47 Å². The van der Waals surface area contributed by atoms with Crippen molar-refractivity contribution in [3.63, 3.8) is 0 Å². The highest BCUT2D eigenvalue weighted by molar-refractivity contribution is 7.21. The number of aromatic hydroxyl groups is 1. The van der Waals surface area contributed by atoms with Gasteiger partial charge in [0.1, 0.15) is 34.0 Å². The Balaban J connectivity index is 1.39. The molecular formula is C29H27F2NO4S. The van der Waals surface area contributed by atoms with Crippen LogP contribution in [0.3, 0.4) is 0 Å². The maximum atomic E-state index is 13.9. The molecule has 0 atom stereocenters. The van der Waals surface area contributed by atoms with Crippen molar-refractivity contribution in [2.75, 3.05) is 26.3 Å². The number of hydrogen-bond acceptors (Lipinski definition) is 6. The van der Waals surface area contributed by atoms with Crippen molar-refractivity contribution in [2.45, 2.75) is 26.4 Å². The van der Waals surface area contributed by atoms with Crippen LogP contribution in [0.15, 0.2) is 54.6 Å². The van der Waals surface area contributed by atoms with Crippen LogP contribution in [0.25, 0.3) is 10.1 Å². The van der Waals surface area contributed by atoms with E-state index in [0.29, 0.717) is 55.3 Å². The molecule has 4 aromatic rings. The normalized spacial score (nSPS) is 14.1. The molecule has 0 saturated carbocycles. The van der Waals surface area contributed by atoms with Gasteiger partial charge in [-0.1, -0.05) is 0 Å². The predicted molar refractivity (Wildman–Crippen MR) is 141 cm³/mol. The number of benzene rings is 3. The first kappa shape index (κ1) is 25.2. The number of nitrogens with zero attached hydrogens (tertiary/aromatic N) is 1. The highest BCUT2D eigenvalue weighted by Gasteiger charge is 2.28. The fraction of sp³-hybridized carbons (Fsp3) is 0.276. The fourth-order valence-corrected chi connectivity index (χ4v) is 5.76. The third-order valence-corrected chi connectivity index (χ3v) is 7.57. The van der Waals surface area contributed by atoms with E-state index >= 15 is 0 Å². The molecule has 0 spiro atoms. The van der Waals surface area contributed by atoms with Gasteiger partial charge in [-0.05, 0) is 86.0 Å². The number of phenolic OH excluding ortho intramolecular Hbond substituents is 1. The van der Waals surface area contributed by atoms with Crippen LogP contribution in [0.4, 0.5) is 8.78 Å². The number of alkyl halides is 1. The summed E-state index contributed by atoms with van der Waals surface area (Å²) in [5, 5.41) is 10.7. The fourth-order valence-electron chi connectivity index (χ4n) is 4.65. The Labute approximate surface area is 217 Å². The van der Waals surface area contributed by atoms with Crippen LogP contribution in [0, 0.1) is 19.7 Å². The minimum Gasteiger partial charge on any atom is -0.508 e. The molecule has 1 aliphatic rings. The summed E-state index contributed by atoms with van der Waals surface area (Å²) in [6.07, 6.45) is 0.617. The van der Waals surface area contributed by atoms with Crippen LogP contribution in [0.1, 0.15) is 32.8 Å². The smallest absolute Gasteiger partial charge is 0.207 e. The Hall–Kier alpha value is -3.49. The van der Waals surface area contributed by atoms with Gasteiger partial charge in [-0.2, -0.15) is 0 Å². The van der Waals surface area contributed by atoms with Crippen LogP contribution in [0.2, 0.25) is 0 Å². The average molecular weight is 524 g/mol. The van der Waals surface area contributed by atoms with Gasteiger partial charge >= 0.3 is 0 Å². The summed E-state index contributed by atoms with van der Waals surface area (Å²) in [6.45, 7) is 5.42. The largest absolute Gasteiger partial charge is 0.508 e. The molecular weight excluding hydrogens is 496 g/mol. The molecule has 5 nitrogen and oxygen atoms in total. The number of likely N-dealkylation sites (tertiary alicyclic amines) is 1. The Morgan fingerprint density at radius 1 is 1.05 bits per heavy atom. The number of carbonyl (C=O) groups excluding carboxylic acids is 1. The van der Waals surface area contributed by atoms with Crippen LogP contribution >= 0.6 is 11.3 Å². The van der Waals surface area contributed by atoms with Crippen molar-refractivity contribution in [1.29, 1.82) is 0 Å². The third kappa shape index (κ3) is 5.31. The number of ketones is 1. The van der Waals surface area contributed by atoms with Crippen LogP contribution in [-0.4, -0.2) is 48.2 Å². The lowest BCUT2D eigenvalue weighted by molar-refractivity contribution is 0.0184. The molecule has 1 fully saturated rings. The Bertz CT molecular complexity index is 1420. The highest BCUT2D eigenvalue weighted by Crippen LogP contribution is 2.43. The summed E-state index contributed by atoms with van der Waals surface area (Å²) in [4.78, 5) is 16.2. The second-order valence-electron chi connectivity index (χ2n) is 9.30. The van der Waals surface area contributed by atoms with Crippen molar-refractivity contribution in [3.8, 4) is 23.0 Å². The molecule has 192 valence electrons. The molecule has 1 aromatic heterocycles. The second-order valence-corrected chi connectivity index (χ2v) is 10.4. The summed E-state index contributed by atoms with van der Waals surface area (Å²) in [5.74, 6) is 1.07. The summed E-state index contributed by atoms with van der Waals surface area (Å²) >= 11 is 1.23. The van der Waals surface area contributed by atoms with E-state index in [2.05, 4.69) is 4.90 Å². The van der Waals surface area contributed by atoms with Gasteiger partial charge in [-0.25, -0.2) is 4.39 Å². The Kier molecular flexibility index (Phi) is 7.13. The minimum atomic E-state index is -0.388. The first-order valence-electron chi connectivity index (χ1n) is 12.1. The molecule has 3 aromatic carbocycles. The molecule has 8 heteroatoms. The van der Waals surface area contributed by atoms with Gasteiger partial charge in [0.2, 0.25) is 5.78 Å². The van der Waals surface area contributed by atoms with Crippen LogP contribution in [-0.2, 0) is 0 Å². The monoisotopic (exact) mass is 523 g/mol. The summed E-state index contributed by atoms with van der Waals surface area (Å²) in [6, 6.07) is 14.8. The highest BCUT2D eigenvalue weighted by atomic mass is 32.1. The lowest BCUT2D eigenvalue weighted by Gasteiger charge is -2.38. The molecule has 37 heavy (non-hydrogen) atoms. The zero-order chi connectivity index (χ0) is 26.1. The van der Waals surface area contributed by atoms with Gasteiger partial charge in [0, 0.05) is 35.3 Å². The van der Waals surface area contributed by atoms with Gasteiger partial charge in [0.05, 0.1) is 6.67 Å². The molecule has 5 rings (SSSR count). The Morgan fingerprint density at radius 3 is 2.41 bits per heavy atom. The van der Waals surface area contributed by atoms with Gasteiger partial charge in [-0.15, -0.1) is 11.3 Å². The molecule has 1 N–H and O–H groups in total. The van der Waals surface area contributed by atoms with Crippen molar-refractivity contribution < 1.29 is 28.2 Å². The van der Waals surface area contributed by atoms with Crippen molar-refractivity contribution >= 4 is 27.2 Å². The number of phenols is 1. The second kappa shape index (κ2) is 10.5. The SMILES string of the molecule is Cc1cc(F)cc(C)c1C(=O)c1sc2cc(O)ccc2c1Oc1ccc(OC2CN(CCCF)C2)cc1. The first-order valence-corrected chi connectivity index (χ1v) is 12.9. The van der Waals surface area contributed by atoms with E-state index in [9.17, 15) is 18.7 Å². The number of hydrogen-bond donors (Lipinski definition) is 1. The molecule has 1 aliphatic heterocycles. The Morgan fingerprint density at radius 2 is 1.73 bits per heavy atom. The van der Waals surface area contributed by atoms with E-state index in [1.807, 2.05) is 12.1 Å². The number of thiophene rings is 1. The maximum absolute atomic E-state index is 13.9. The number of carbonyl (C=O) groups is 1. The number of rotatable bonds is 9. The van der Waals surface area contributed by atoms with Gasteiger partial charge in [0.25, 0.3) is 0 Å². The molecule has 0 bridgehead atoms. The predicted octanol–water partition coefficient (Wildman–Crippen LogP) is 6.81. The van der Waals surface area contributed by atoms with Crippen molar-refractivity contribution in [3.05, 3.63) is 82.0 Å². The quantitative estimate of drug-likeness (QED) is 0.244. The van der Waals surface area contributed by atoms with Crippen molar-refractivity contribution in [2.24, 2.45) is 0 Å². The van der Waals surface area contributed by atoms with E-state index in [1.54, 1.807) is 44.2 Å². The van der Waals surface area contributed by atoms with Gasteiger partial charge < -0.3 is 14.6 Å². The van der Waals surface area contributed by atoms with E-state index in [4.69, 9.17) is 9.47 Å². The molecule has 0 amide bonds. The molecule has 0 aliphatic carbocycles. The molecule has 1 saturated heterocycles. The van der Waals surface area contributed by atoms with Gasteiger partial charge in [0.15, 0.2) is 5.75 Å². The van der Waals surface area contributed by atoms with E-state index in [0.717, 1.165) is 19.6 Å². The average Bonchev–Trinajstić information content (AvgIpc) is 3.18. The first-order chi connectivity index (χ1) is 17.8. The number of halogens is 2. The summed E-state index contributed by atoms with van der Waals surface area (Å²) in [5.41, 5.74) is 1.54. The lowest BCUT2D eigenvalue weighted by atomic mass is 9.97. The number of fused-ring (bicyclic) bond motifs is 1. The summed E-state index contributed by atoms with van der Waals surface area (Å²) in [7, 11) is 0. The van der Waals surface area contributed by atoms with Crippen molar-refractivity contribution in [1.82, 2.24) is 4.90 Å². The topological polar surface area (TPSA) is 59.0 Å². The molecule has 0 unspecified atom stereocenters. The summed E-state index contributed by atoms with van der Waals surface area (Å²) < 4.78 is 39.1. The molecule has 2 heterocycles. The third-order valence-electron chi connectivity index (χ3n) is 6.44. The minimum absolute atomic E-state index is 0.0753. The zero-order valence-corrected chi connectivity index (χ0v) is 21.4. The van der Waals surface area contributed by atoms with E-state index in [1.165, 1.54) is 23.5 Å². The van der Waals surface area contributed by atoms with E-state index < -0.39 is 0 Å². The van der Waals surface area contributed by atoms with Gasteiger partial charge in [-0.3, -0.25) is 14.1 Å². The zero-order valence-electron chi connectivity index (χ0n) is 20.6. The molecule has 0 radical (unpaired) electrons. The lowest BCUT2D eigenvalue weighted by Crippen LogP contribution is -2.53. The standard InChI is InChI=1S/C29H27F2NO4S/c1-17-12-19(31)13-18(2)26(17)27(34)29-28(24-9-4-20(33)14-25(24)37-29)36-22-7-5-21(6-8-22)35-23-15-32(16-23)11-3-10-30/h4-9,12-14,23,33H,3,10-11,15-16H2,1-2H3. The maximum Gasteiger partial charge on any atom is 0.207 e. The number of aryl methyl sites for hydroxylation is 2.